The number of nitrogens with zero attached hydrogens (tertiary/aromatic N) is 4. The Hall–Kier alpha value is -3.41. The van der Waals surface area contributed by atoms with Crippen LogP contribution in [-0.4, -0.2) is 35.7 Å². The molecule has 0 bridgehead atoms. The molecule has 1 N–H and O–H groups in total. The molecule has 0 saturated carbocycles. The van der Waals surface area contributed by atoms with Crippen LogP contribution in [0, 0.1) is 0 Å². The van der Waals surface area contributed by atoms with Crippen LogP contribution in [0.4, 0.5) is 22.9 Å². The fraction of sp³-hybridized carbons (Fsp3) is 0.261. The number of benzene rings is 2. The van der Waals surface area contributed by atoms with Gasteiger partial charge in [0.1, 0.15) is 0 Å². The highest BCUT2D eigenvalue weighted by Gasteiger charge is 2.17. The molecule has 6 heteroatoms. The molecule has 29 heavy (non-hydrogen) atoms. The van der Waals surface area contributed by atoms with Gasteiger partial charge >= 0.3 is 0 Å². The number of hydrogen-bond donors (Lipinski definition) is 1. The van der Waals surface area contributed by atoms with Crippen LogP contribution in [0.15, 0.2) is 66.7 Å². The Morgan fingerprint density at radius 2 is 1.48 bits per heavy atom. The quantitative estimate of drug-likeness (QED) is 0.603. The third-order valence-corrected chi connectivity index (χ3v) is 4.78. The Bertz CT molecular complexity index is 906. The van der Waals surface area contributed by atoms with E-state index in [9.17, 15) is 4.79 Å². The number of carbonyl (C=O) groups excluding carboxylic acids is 1. The molecule has 1 heterocycles. The lowest BCUT2D eigenvalue weighted by Gasteiger charge is -2.21. The Balaban J connectivity index is 1.69. The van der Waals surface area contributed by atoms with Crippen molar-refractivity contribution in [2.75, 3.05) is 34.8 Å². The minimum Gasteiger partial charge on any atom is -0.372 e. The number of anilines is 4. The Kier molecular flexibility index (Phi) is 6.79. The normalized spacial score (nSPS) is 10.4. The third kappa shape index (κ3) is 4.90. The molecule has 3 rings (SSSR count). The van der Waals surface area contributed by atoms with Crippen LogP contribution < -0.4 is 15.1 Å². The van der Waals surface area contributed by atoms with Crippen molar-refractivity contribution in [3.05, 3.63) is 72.4 Å². The van der Waals surface area contributed by atoms with E-state index >= 15 is 0 Å². The third-order valence-electron chi connectivity index (χ3n) is 4.78. The molecule has 1 aromatic heterocycles. The van der Waals surface area contributed by atoms with Crippen molar-refractivity contribution in [2.45, 2.75) is 20.8 Å². The zero-order chi connectivity index (χ0) is 20.6. The molecule has 0 atom stereocenters. The maximum atomic E-state index is 12.8. The maximum absolute atomic E-state index is 12.8. The highest BCUT2D eigenvalue weighted by atomic mass is 16.2. The van der Waals surface area contributed by atoms with Gasteiger partial charge in [0, 0.05) is 36.7 Å². The second-order valence-electron chi connectivity index (χ2n) is 6.53. The van der Waals surface area contributed by atoms with Gasteiger partial charge in [-0.2, -0.15) is 0 Å². The van der Waals surface area contributed by atoms with Crippen LogP contribution in [0.3, 0.4) is 0 Å². The number of hydrogen-bond acceptors (Lipinski definition) is 5. The van der Waals surface area contributed by atoms with E-state index in [-0.39, 0.29) is 5.91 Å². The highest BCUT2D eigenvalue weighted by Crippen LogP contribution is 2.21. The molecule has 6 nitrogen and oxygen atoms in total. The zero-order valence-corrected chi connectivity index (χ0v) is 17.2. The number of nitrogens with one attached hydrogen (secondary N) is 1. The first-order chi connectivity index (χ1) is 14.2. The summed E-state index contributed by atoms with van der Waals surface area (Å²) < 4.78 is 0. The largest absolute Gasteiger partial charge is 0.372 e. The lowest BCUT2D eigenvalue weighted by atomic mass is 10.2. The van der Waals surface area contributed by atoms with E-state index in [4.69, 9.17) is 0 Å². The molecule has 0 aliphatic rings. The number of rotatable bonds is 8. The van der Waals surface area contributed by atoms with Crippen LogP contribution in [0.5, 0.6) is 0 Å². The fourth-order valence-corrected chi connectivity index (χ4v) is 3.19. The van der Waals surface area contributed by atoms with E-state index in [1.807, 2.05) is 49.4 Å². The molecule has 3 aromatic rings. The minimum absolute atomic E-state index is 0.165. The molecule has 150 valence electrons. The number of carbonyl (C=O) groups is 1. The molecule has 0 radical (unpaired) electrons. The molecular weight excluding hydrogens is 362 g/mol. The van der Waals surface area contributed by atoms with Gasteiger partial charge in [-0.25, -0.2) is 0 Å². The molecule has 0 aliphatic heterocycles. The molecule has 2 aromatic carbocycles. The van der Waals surface area contributed by atoms with Gasteiger partial charge in [0.05, 0.1) is 0 Å². The van der Waals surface area contributed by atoms with Crippen molar-refractivity contribution in [3.63, 3.8) is 0 Å². The molecule has 0 fully saturated rings. The maximum Gasteiger partial charge on any atom is 0.278 e. The highest BCUT2D eigenvalue weighted by molar-refractivity contribution is 6.04. The van der Waals surface area contributed by atoms with Crippen LogP contribution in [0.25, 0.3) is 0 Å². The summed E-state index contributed by atoms with van der Waals surface area (Å²) in [5, 5.41) is 11.5. The molecule has 0 spiro atoms. The van der Waals surface area contributed by atoms with Crippen LogP contribution in [0.1, 0.15) is 31.3 Å². The summed E-state index contributed by atoms with van der Waals surface area (Å²) in [5.41, 5.74) is 3.28. The summed E-state index contributed by atoms with van der Waals surface area (Å²) in [6, 6.07) is 21.2. The predicted octanol–water partition coefficient (Wildman–Crippen LogP) is 4.73. The smallest absolute Gasteiger partial charge is 0.278 e. The van der Waals surface area contributed by atoms with Gasteiger partial charge in [0.25, 0.3) is 5.91 Å². The lowest BCUT2D eigenvalue weighted by molar-refractivity contribution is 0.0982. The lowest BCUT2D eigenvalue weighted by Crippen LogP contribution is -2.31. The summed E-state index contributed by atoms with van der Waals surface area (Å²) in [4.78, 5) is 16.8. The first-order valence-corrected chi connectivity index (χ1v) is 9.98. The zero-order valence-electron chi connectivity index (χ0n) is 17.2. The second-order valence-corrected chi connectivity index (χ2v) is 6.53. The summed E-state index contributed by atoms with van der Waals surface area (Å²) in [6.45, 7) is 8.74. The molecule has 0 saturated heterocycles. The average Bonchev–Trinajstić information content (AvgIpc) is 2.77. The molecule has 0 unspecified atom stereocenters. The first-order valence-electron chi connectivity index (χ1n) is 9.98. The summed E-state index contributed by atoms with van der Waals surface area (Å²) in [5.74, 6) is 0.432. The van der Waals surface area contributed by atoms with Crippen LogP contribution in [0.2, 0.25) is 0 Å². The topological polar surface area (TPSA) is 61.4 Å². The fourth-order valence-electron chi connectivity index (χ4n) is 3.19. The molecule has 0 aliphatic carbocycles. The number of para-hydroxylation sites is 1. The summed E-state index contributed by atoms with van der Waals surface area (Å²) in [6.07, 6.45) is 0. The standard InChI is InChI=1S/C23H27N5O/c1-4-27(5-2)19-14-12-18(13-15-19)24-22-17-16-21(25-26-22)23(29)28(6-3)20-10-8-7-9-11-20/h7-17H,4-6H2,1-3H3,(H,24,26). The SMILES string of the molecule is CCN(CC)c1ccc(Nc2ccc(C(=O)N(CC)c3ccccc3)nn2)cc1. The van der Waals surface area contributed by atoms with E-state index in [0.29, 0.717) is 18.1 Å². The van der Waals surface area contributed by atoms with Crippen molar-refractivity contribution in [2.24, 2.45) is 0 Å². The molecule has 1 amide bonds. The van der Waals surface area contributed by atoms with E-state index < -0.39 is 0 Å². The Morgan fingerprint density at radius 1 is 0.793 bits per heavy atom. The van der Waals surface area contributed by atoms with Gasteiger partial charge in [-0.3, -0.25) is 4.79 Å². The van der Waals surface area contributed by atoms with E-state index in [1.54, 1.807) is 17.0 Å². The van der Waals surface area contributed by atoms with Gasteiger partial charge in [-0.15, -0.1) is 10.2 Å². The first kappa shape index (κ1) is 20.3. The van der Waals surface area contributed by atoms with Gasteiger partial charge in [0.2, 0.25) is 0 Å². The van der Waals surface area contributed by atoms with Gasteiger partial charge in [-0.05, 0) is 69.3 Å². The monoisotopic (exact) mass is 389 g/mol. The second kappa shape index (κ2) is 9.68. The van der Waals surface area contributed by atoms with Crippen molar-refractivity contribution in [1.29, 1.82) is 0 Å². The summed E-state index contributed by atoms with van der Waals surface area (Å²) >= 11 is 0. The van der Waals surface area contributed by atoms with Crippen molar-refractivity contribution in [1.82, 2.24) is 10.2 Å². The van der Waals surface area contributed by atoms with Crippen LogP contribution >= 0.6 is 0 Å². The minimum atomic E-state index is -0.165. The predicted molar refractivity (Wildman–Crippen MR) is 119 cm³/mol. The van der Waals surface area contributed by atoms with E-state index in [0.717, 1.165) is 24.5 Å². The van der Waals surface area contributed by atoms with E-state index in [2.05, 4.69) is 46.4 Å². The van der Waals surface area contributed by atoms with Crippen LogP contribution in [-0.2, 0) is 0 Å². The van der Waals surface area contributed by atoms with Gasteiger partial charge in [0.15, 0.2) is 11.5 Å². The summed E-state index contributed by atoms with van der Waals surface area (Å²) in [7, 11) is 0. The van der Waals surface area contributed by atoms with Crippen molar-refractivity contribution >= 4 is 28.8 Å². The van der Waals surface area contributed by atoms with Gasteiger partial charge < -0.3 is 15.1 Å². The van der Waals surface area contributed by atoms with Crippen molar-refractivity contribution in [3.8, 4) is 0 Å². The Labute approximate surface area is 172 Å². The van der Waals surface area contributed by atoms with E-state index in [1.165, 1.54) is 5.69 Å². The van der Waals surface area contributed by atoms with Gasteiger partial charge in [-0.1, -0.05) is 18.2 Å². The number of aromatic nitrogens is 2. The average molecular weight is 390 g/mol. The molecular formula is C23H27N5O. The Morgan fingerprint density at radius 3 is 2.03 bits per heavy atom. The number of amides is 1. The van der Waals surface area contributed by atoms with Crippen molar-refractivity contribution < 1.29 is 4.79 Å².